The van der Waals surface area contributed by atoms with Gasteiger partial charge in [0.15, 0.2) is 11.9 Å². The number of nitrogens with one attached hydrogen (secondary N) is 1. The van der Waals surface area contributed by atoms with Crippen LogP contribution in [-0.2, 0) is 19.7 Å². The van der Waals surface area contributed by atoms with Crippen LogP contribution in [0.15, 0.2) is 140 Å². The fourth-order valence-electron chi connectivity index (χ4n) is 7.78. The van der Waals surface area contributed by atoms with Crippen molar-refractivity contribution in [3.05, 3.63) is 167 Å². The minimum atomic E-state index is -1.47. The minimum Gasteiger partial charge on any atom is -0.497 e. The lowest BCUT2D eigenvalue weighted by atomic mass is 9.66. The minimum absolute atomic E-state index is 0.292. The number of fused-ring (bicyclic) bond motifs is 6. The van der Waals surface area contributed by atoms with E-state index < -0.39 is 35.5 Å². The van der Waals surface area contributed by atoms with Crippen LogP contribution < -0.4 is 15.0 Å². The molecule has 5 aromatic carbocycles. The first-order valence-electron chi connectivity index (χ1n) is 16.0. The van der Waals surface area contributed by atoms with E-state index in [0.717, 1.165) is 22.4 Å². The molecule has 1 saturated heterocycles. The van der Waals surface area contributed by atoms with Crippen molar-refractivity contribution < 1.29 is 23.9 Å². The second-order valence-electron chi connectivity index (χ2n) is 12.3. The van der Waals surface area contributed by atoms with Crippen molar-refractivity contribution in [3.63, 3.8) is 0 Å². The van der Waals surface area contributed by atoms with Gasteiger partial charge in [-0.1, -0.05) is 109 Å². The molecule has 3 aliphatic heterocycles. The van der Waals surface area contributed by atoms with E-state index in [1.54, 1.807) is 31.4 Å². The van der Waals surface area contributed by atoms with Gasteiger partial charge in [-0.2, -0.15) is 0 Å². The third kappa shape index (κ3) is 4.46. The van der Waals surface area contributed by atoms with Gasteiger partial charge in [-0.25, -0.2) is 0 Å². The summed E-state index contributed by atoms with van der Waals surface area (Å²) in [5, 5.41) is 3.07. The molecule has 7 nitrogen and oxygen atoms in total. The van der Waals surface area contributed by atoms with Gasteiger partial charge in [0.05, 0.1) is 13.2 Å². The predicted octanol–water partition coefficient (Wildman–Crippen LogP) is 7.00. The number of ether oxygens (including phenoxy) is 2. The summed E-state index contributed by atoms with van der Waals surface area (Å²) in [5.74, 6) is -1.88. The number of ketones is 1. The average molecular weight is 633 g/mol. The number of rotatable bonds is 7. The fraction of sp³-hybridized carbons (Fsp3) is 0.146. The Bertz CT molecular complexity index is 2020. The molecule has 0 radical (unpaired) electrons. The van der Waals surface area contributed by atoms with Gasteiger partial charge in [0.25, 0.3) is 0 Å². The third-order valence-corrected chi connectivity index (χ3v) is 9.88. The summed E-state index contributed by atoms with van der Waals surface area (Å²) in [7, 11) is 1.57. The van der Waals surface area contributed by atoms with Crippen LogP contribution in [0.2, 0.25) is 0 Å². The molecule has 0 aliphatic carbocycles. The van der Waals surface area contributed by atoms with Crippen LogP contribution in [0, 0.1) is 5.92 Å². The molecule has 5 aromatic rings. The summed E-state index contributed by atoms with van der Waals surface area (Å²) in [5.41, 5.74) is 3.43. The number of anilines is 2. The lowest BCUT2D eigenvalue weighted by molar-refractivity contribution is -0.156. The normalized spacial score (nSPS) is 21.8. The largest absolute Gasteiger partial charge is 0.497 e. The first-order chi connectivity index (χ1) is 23.5. The Kier molecular flexibility index (Phi) is 7.17. The summed E-state index contributed by atoms with van der Waals surface area (Å²) in [6.45, 7) is 0. The molecule has 3 aliphatic rings. The number of hydrogen-bond donors (Lipinski definition) is 1. The topological polar surface area (TPSA) is 84.9 Å². The number of nitrogens with zero attached hydrogens (tertiary/aromatic N) is 1. The molecule has 0 aromatic heterocycles. The molecular formula is C41H32N2O5. The third-order valence-electron chi connectivity index (χ3n) is 9.88. The van der Waals surface area contributed by atoms with Gasteiger partial charge in [0, 0.05) is 16.9 Å². The molecule has 236 valence electrons. The Morgan fingerprint density at radius 3 is 2.08 bits per heavy atom. The Balaban J connectivity index is 1.35. The SMILES string of the molecule is COc1ccc(C(=O)[C@@H]2[C@H](C(=O)OC(c3ccccc3)c3ccccc3)[C@]3(C(=O)Nc4ccccc43)[C@@H]3C=Cc4ccccc4N23)cc1. The van der Waals surface area contributed by atoms with Gasteiger partial charge in [-0.15, -0.1) is 0 Å². The lowest BCUT2D eigenvalue weighted by Gasteiger charge is -2.37. The van der Waals surface area contributed by atoms with Crippen LogP contribution in [0.3, 0.4) is 0 Å². The number of amides is 1. The first-order valence-corrected chi connectivity index (χ1v) is 16.0. The molecule has 1 fully saturated rings. The van der Waals surface area contributed by atoms with Crippen molar-refractivity contribution in [2.24, 2.45) is 5.92 Å². The molecule has 0 bridgehead atoms. The number of benzene rings is 5. The molecule has 0 unspecified atom stereocenters. The number of carbonyl (C=O) groups excluding carboxylic acids is 3. The zero-order valence-corrected chi connectivity index (χ0v) is 26.2. The highest BCUT2D eigenvalue weighted by Gasteiger charge is 2.71. The van der Waals surface area contributed by atoms with E-state index in [-0.39, 0.29) is 11.7 Å². The van der Waals surface area contributed by atoms with Crippen LogP contribution in [0.25, 0.3) is 6.08 Å². The molecule has 4 atom stereocenters. The molecule has 0 saturated carbocycles. The van der Waals surface area contributed by atoms with Gasteiger partial charge in [0.1, 0.15) is 23.1 Å². The Labute approximate surface area is 278 Å². The summed E-state index contributed by atoms with van der Waals surface area (Å²) in [6.07, 6.45) is 3.16. The molecule has 48 heavy (non-hydrogen) atoms. The Hall–Kier alpha value is -5.95. The highest BCUT2D eigenvalue weighted by atomic mass is 16.5. The number of para-hydroxylation sites is 2. The molecule has 3 heterocycles. The van der Waals surface area contributed by atoms with Gasteiger partial charge in [-0.3, -0.25) is 14.4 Å². The van der Waals surface area contributed by atoms with Gasteiger partial charge >= 0.3 is 5.97 Å². The number of hydrogen-bond acceptors (Lipinski definition) is 6. The highest BCUT2D eigenvalue weighted by Crippen LogP contribution is 2.58. The van der Waals surface area contributed by atoms with Gasteiger partial charge in [-0.05, 0) is 58.7 Å². The maximum atomic E-state index is 15.2. The van der Waals surface area contributed by atoms with Crippen molar-refractivity contribution in [1.82, 2.24) is 0 Å². The molecular weight excluding hydrogens is 600 g/mol. The number of esters is 1. The summed E-state index contributed by atoms with van der Waals surface area (Å²) in [4.78, 5) is 46.8. The molecule has 1 N–H and O–H groups in total. The van der Waals surface area contributed by atoms with Crippen molar-refractivity contribution in [2.75, 3.05) is 17.3 Å². The smallest absolute Gasteiger partial charge is 0.314 e. The molecule has 7 heteroatoms. The number of carbonyl (C=O) groups is 3. The van der Waals surface area contributed by atoms with E-state index in [9.17, 15) is 9.59 Å². The van der Waals surface area contributed by atoms with Gasteiger partial charge in [0.2, 0.25) is 5.91 Å². The van der Waals surface area contributed by atoms with Crippen molar-refractivity contribution in [3.8, 4) is 5.75 Å². The van der Waals surface area contributed by atoms with E-state index >= 15 is 4.79 Å². The van der Waals surface area contributed by atoms with Crippen molar-refractivity contribution >= 4 is 35.1 Å². The average Bonchev–Trinajstić information content (AvgIpc) is 3.63. The Morgan fingerprint density at radius 1 is 0.771 bits per heavy atom. The summed E-state index contributed by atoms with van der Waals surface area (Å²) in [6, 6.07) is 39.4. The number of Topliss-reactive ketones (excluding diaryl/α,β-unsaturated/α-hetero) is 1. The zero-order valence-electron chi connectivity index (χ0n) is 26.2. The second kappa shape index (κ2) is 11.7. The summed E-state index contributed by atoms with van der Waals surface area (Å²) < 4.78 is 11.9. The standard InChI is InChI=1S/C41H32N2O5/c1-47-30-23-20-27(21-24-30)37(44)36-35(39(45)48-38(28-13-4-2-5-14-28)29-15-6-3-7-16-29)41(31-17-9-10-18-32(31)42-40(41)46)34-25-22-26-12-8-11-19-33(26)43(34)36/h2-25,34-36,38H,1H3,(H,42,46)/t34-,35+,36-,41+/m0/s1. The first kappa shape index (κ1) is 29.5. The van der Waals surface area contributed by atoms with Crippen LogP contribution >= 0.6 is 0 Å². The zero-order chi connectivity index (χ0) is 32.8. The van der Waals surface area contributed by atoms with Crippen LogP contribution in [-0.4, -0.2) is 36.9 Å². The fourth-order valence-corrected chi connectivity index (χ4v) is 7.78. The van der Waals surface area contributed by atoms with Crippen LogP contribution in [0.5, 0.6) is 5.75 Å². The van der Waals surface area contributed by atoms with Crippen LogP contribution in [0.4, 0.5) is 11.4 Å². The van der Waals surface area contributed by atoms with Crippen molar-refractivity contribution in [1.29, 1.82) is 0 Å². The molecule has 1 amide bonds. The summed E-state index contributed by atoms with van der Waals surface area (Å²) >= 11 is 0. The van der Waals surface area contributed by atoms with E-state index in [4.69, 9.17) is 9.47 Å². The van der Waals surface area contributed by atoms with E-state index in [1.165, 1.54) is 0 Å². The molecule has 8 rings (SSSR count). The van der Waals surface area contributed by atoms with E-state index in [1.807, 2.05) is 126 Å². The highest BCUT2D eigenvalue weighted by molar-refractivity contribution is 6.15. The number of methoxy groups -OCH3 is 1. The molecule has 1 spiro atoms. The second-order valence-corrected chi connectivity index (χ2v) is 12.3. The lowest BCUT2D eigenvalue weighted by Crippen LogP contribution is -2.51. The maximum Gasteiger partial charge on any atom is 0.314 e. The van der Waals surface area contributed by atoms with E-state index in [0.29, 0.717) is 22.6 Å². The van der Waals surface area contributed by atoms with E-state index in [2.05, 4.69) is 5.32 Å². The Morgan fingerprint density at radius 2 is 1.40 bits per heavy atom. The predicted molar refractivity (Wildman–Crippen MR) is 184 cm³/mol. The quantitative estimate of drug-likeness (QED) is 0.154. The van der Waals surface area contributed by atoms with Crippen LogP contribution in [0.1, 0.15) is 38.7 Å². The van der Waals surface area contributed by atoms with Crippen molar-refractivity contribution in [2.45, 2.75) is 23.6 Å². The maximum absolute atomic E-state index is 15.2. The van der Waals surface area contributed by atoms with Gasteiger partial charge < -0.3 is 19.7 Å². The monoisotopic (exact) mass is 632 g/mol.